The summed E-state index contributed by atoms with van der Waals surface area (Å²) < 4.78 is 2.01. The molecule has 0 spiro atoms. The number of nitrogens with zero attached hydrogens (tertiary/aromatic N) is 3. The lowest BCUT2D eigenvalue weighted by atomic mass is 9.70. The van der Waals surface area contributed by atoms with E-state index in [1.54, 1.807) is 6.33 Å². The van der Waals surface area contributed by atoms with Crippen molar-refractivity contribution >= 4 is 0 Å². The highest BCUT2D eigenvalue weighted by molar-refractivity contribution is 4.94. The third-order valence-corrected chi connectivity index (χ3v) is 4.72. The summed E-state index contributed by atoms with van der Waals surface area (Å²) in [4.78, 5) is 4.41. The average molecular weight is 264 g/mol. The Morgan fingerprint density at radius 3 is 2.68 bits per heavy atom. The van der Waals surface area contributed by atoms with Crippen LogP contribution in [0.3, 0.4) is 0 Å². The standard InChI is InChI=1S/C15H28N4/c1-5-19-14(17-11-18-19)10-13(16-4)12-6-8-15(2,3)9-7-12/h11-13,16H,5-10H2,1-4H3. The molecule has 1 aliphatic carbocycles. The van der Waals surface area contributed by atoms with Crippen molar-refractivity contribution in [1.82, 2.24) is 20.1 Å². The van der Waals surface area contributed by atoms with Crippen molar-refractivity contribution in [2.75, 3.05) is 7.05 Å². The van der Waals surface area contributed by atoms with Gasteiger partial charge in [0.2, 0.25) is 0 Å². The van der Waals surface area contributed by atoms with Crippen LogP contribution in [-0.2, 0) is 13.0 Å². The Bertz CT molecular complexity index is 387. The number of aromatic nitrogens is 3. The molecule has 1 heterocycles. The van der Waals surface area contributed by atoms with Crippen LogP contribution in [0.15, 0.2) is 6.33 Å². The van der Waals surface area contributed by atoms with E-state index in [1.165, 1.54) is 25.7 Å². The third kappa shape index (κ3) is 3.56. The first-order chi connectivity index (χ1) is 9.05. The summed E-state index contributed by atoms with van der Waals surface area (Å²) in [6.07, 6.45) is 8.02. The largest absolute Gasteiger partial charge is 0.316 e. The maximum Gasteiger partial charge on any atom is 0.138 e. The number of nitrogens with one attached hydrogen (secondary N) is 1. The van der Waals surface area contributed by atoms with Gasteiger partial charge in [0, 0.05) is 19.0 Å². The van der Waals surface area contributed by atoms with Gasteiger partial charge in [-0.15, -0.1) is 0 Å². The van der Waals surface area contributed by atoms with Gasteiger partial charge in [0.25, 0.3) is 0 Å². The molecule has 1 atom stereocenters. The van der Waals surface area contributed by atoms with E-state index in [0.29, 0.717) is 11.5 Å². The van der Waals surface area contributed by atoms with Crippen molar-refractivity contribution in [2.24, 2.45) is 11.3 Å². The van der Waals surface area contributed by atoms with Gasteiger partial charge < -0.3 is 5.32 Å². The Balaban J connectivity index is 1.97. The zero-order chi connectivity index (χ0) is 13.9. The third-order valence-electron chi connectivity index (χ3n) is 4.72. The molecule has 0 saturated heterocycles. The molecule has 1 saturated carbocycles. The Morgan fingerprint density at radius 1 is 1.42 bits per heavy atom. The van der Waals surface area contributed by atoms with E-state index in [4.69, 9.17) is 0 Å². The topological polar surface area (TPSA) is 42.7 Å². The van der Waals surface area contributed by atoms with Crippen molar-refractivity contribution < 1.29 is 0 Å². The number of rotatable bonds is 5. The van der Waals surface area contributed by atoms with Crippen LogP contribution in [0.4, 0.5) is 0 Å². The van der Waals surface area contributed by atoms with E-state index >= 15 is 0 Å². The Labute approximate surface area is 117 Å². The van der Waals surface area contributed by atoms with E-state index in [-0.39, 0.29) is 0 Å². The first kappa shape index (κ1) is 14.5. The summed E-state index contributed by atoms with van der Waals surface area (Å²) in [5.74, 6) is 1.90. The maximum absolute atomic E-state index is 4.41. The van der Waals surface area contributed by atoms with E-state index in [9.17, 15) is 0 Å². The predicted molar refractivity (Wildman–Crippen MR) is 78.0 cm³/mol. The predicted octanol–water partition coefficient (Wildman–Crippen LogP) is 2.64. The first-order valence-corrected chi connectivity index (χ1v) is 7.59. The molecule has 1 aliphatic rings. The lowest BCUT2D eigenvalue weighted by Crippen LogP contribution is -2.39. The summed E-state index contributed by atoms with van der Waals surface area (Å²) in [7, 11) is 2.08. The molecular formula is C15H28N4. The van der Waals surface area contributed by atoms with Crippen molar-refractivity contribution in [3.05, 3.63) is 12.2 Å². The Hall–Kier alpha value is -0.900. The maximum atomic E-state index is 4.41. The number of likely N-dealkylation sites (N-methyl/N-ethyl adjacent to an activating group) is 1. The summed E-state index contributed by atoms with van der Waals surface area (Å²) in [5, 5.41) is 7.78. The molecule has 0 radical (unpaired) electrons. The Kier molecular flexibility index (Phi) is 4.61. The highest BCUT2D eigenvalue weighted by Crippen LogP contribution is 2.39. The van der Waals surface area contributed by atoms with Crippen LogP contribution < -0.4 is 5.32 Å². The highest BCUT2D eigenvalue weighted by atomic mass is 15.3. The van der Waals surface area contributed by atoms with Crippen LogP contribution in [-0.4, -0.2) is 27.9 Å². The van der Waals surface area contributed by atoms with Crippen LogP contribution >= 0.6 is 0 Å². The number of hydrogen-bond acceptors (Lipinski definition) is 3. The van der Waals surface area contributed by atoms with Gasteiger partial charge in [-0.05, 0) is 51.0 Å². The molecule has 0 aliphatic heterocycles. The molecule has 1 aromatic rings. The molecule has 4 nitrogen and oxygen atoms in total. The molecule has 108 valence electrons. The normalized spacial score (nSPS) is 21.5. The van der Waals surface area contributed by atoms with Gasteiger partial charge in [-0.1, -0.05) is 13.8 Å². The molecular weight excluding hydrogens is 236 g/mol. The number of hydrogen-bond donors (Lipinski definition) is 1. The molecule has 1 fully saturated rings. The SMILES string of the molecule is CCn1ncnc1CC(NC)C1CCC(C)(C)CC1. The molecule has 0 amide bonds. The minimum Gasteiger partial charge on any atom is -0.316 e. The molecule has 1 aromatic heterocycles. The fourth-order valence-corrected chi connectivity index (χ4v) is 3.24. The van der Waals surface area contributed by atoms with E-state index < -0.39 is 0 Å². The summed E-state index contributed by atoms with van der Waals surface area (Å²) in [5.41, 5.74) is 0.540. The highest BCUT2D eigenvalue weighted by Gasteiger charge is 2.31. The molecule has 4 heteroatoms. The molecule has 1 N–H and O–H groups in total. The molecule has 0 aromatic carbocycles. The second-order valence-electron chi connectivity index (χ2n) is 6.59. The number of aryl methyl sites for hydroxylation is 1. The van der Waals surface area contributed by atoms with Crippen LogP contribution in [0.1, 0.15) is 52.3 Å². The second kappa shape index (κ2) is 6.04. The van der Waals surface area contributed by atoms with Gasteiger partial charge in [0.05, 0.1) is 0 Å². The Morgan fingerprint density at radius 2 is 2.11 bits per heavy atom. The zero-order valence-electron chi connectivity index (χ0n) is 12.8. The van der Waals surface area contributed by atoms with Crippen LogP contribution in [0.25, 0.3) is 0 Å². The lowest BCUT2D eigenvalue weighted by molar-refractivity contribution is 0.162. The van der Waals surface area contributed by atoms with Crippen LogP contribution in [0.2, 0.25) is 0 Å². The average Bonchev–Trinajstić information content (AvgIpc) is 2.83. The zero-order valence-corrected chi connectivity index (χ0v) is 12.8. The van der Waals surface area contributed by atoms with Gasteiger partial charge in [-0.2, -0.15) is 5.10 Å². The van der Waals surface area contributed by atoms with Crippen molar-refractivity contribution in [2.45, 2.75) is 65.5 Å². The van der Waals surface area contributed by atoms with Gasteiger partial charge in [-0.3, -0.25) is 4.68 Å². The molecule has 2 rings (SSSR count). The summed E-state index contributed by atoms with van der Waals surface area (Å²) in [6.45, 7) is 7.82. The fraction of sp³-hybridized carbons (Fsp3) is 0.867. The smallest absolute Gasteiger partial charge is 0.138 e. The minimum atomic E-state index is 0.533. The van der Waals surface area contributed by atoms with Gasteiger partial charge >= 0.3 is 0 Å². The monoisotopic (exact) mass is 264 g/mol. The molecule has 0 bridgehead atoms. The van der Waals surface area contributed by atoms with Gasteiger partial charge in [0.1, 0.15) is 12.2 Å². The van der Waals surface area contributed by atoms with Gasteiger partial charge in [-0.25, -0.2) is 4.98 Å². The van der Waals surface area contributed by atoms with Gasteiger partial charge in [0.15, 0.2) is 0 Å². The van der Waals surface area contributed by atoms with Crippen molar-refractivity contribution in [3.63, 3.8) is 0 Å². The lowest BCUT2D eigenvalue weighted by Gasteiger charge is -2.37. The van der Waals surface area contributed by atoms with E-state index in [0.717, 1.165) is 24.7 Å². The van der Waals surface area contributed by atoms with Crippen molar-refractivity contribution in [1.29, 1.82) is 0 Å². The summed E-state index contributed by atoms with van der Waals surface area (Å²) >= 11 is 0. The molecule has 1 unspecified atom stereocenters. The van der Waals surface area contributed by atoms with Crippen LogP contribution in [0.5, 0.6) is 0 Å². The first-order valence-electron chi connectivity index (χ1n) is 7.59. The quantitative estimate of drug-likeness (QED) is 0.889. The van der Waals surface area contributed by atoms with E-state index in [1.807, 2.05) is 4.68 Å². The van der Waals surface area contributed by atoms with E-state index in [2.05, 4.69) is 43.2 Å². The second-order valence-corrected chi connectivity index (χ2v) is 6.59. The summed E-state index contributed by atoms with van der Waals surface area (Å²) in [6, 6.07) is 0.533. The van der Waals surface area contributed by atoms with Crippen molar-refractivity contribution in [3.8, 4) is 0 Å². The molecule has 19 heavy (non-hydrogen) atoms. The van der Waals surface area contributed by atoms with Crippen LogP contribution in [0, 0.1) is 11.3 Å². The fourth-order valence-electron chi connectivity index (χ4n) is 3.24. The minimum absolute atomic E-state index is 0.533.